The fraction of sp³-hybridized carbons (Fsp3) is 0.0833. The average molecular weight is 353 g/mol. The largest absolute Gasteiger partial charge is 0.447 e. The Hall–Kier alpha value is -3.46. The number of rotatable bonds is 4. The quantitative estimate of drug-likeness (QED) is 0.455. The van der Waals surface area contributed by atoms with Gasteiger partial charge in [-0.05, 0) is 36.1 Å². The van der Waals surface area contributed by atoms with Crippen LogP contribution in [0.15, 0.2) is 91.1 Å². The molecule has 3 nitrogen and oxygen atoms in total. The maximum Gasteiger partial charge on any atom is 0.339 e. The number of hydrogen-bond donors (Lipinski definition) is 0. The Labute approximate surface area is 158 Å². The Balaban J connectivity index is 1.78. The lowest BCUT2D eigenvalue weighted by Gasteiger charge is -2.19. The Kier molecular flexibility index (Phi) is 4.67. The summed E-state index contributed by atoms with van der Waals surface area (Å²) in [5, 5.41) is 2.04. The van der Waals surface area contributed by atoms with Crippen molar-refractivity contribution in [3.63, 3.8) is 0 Å². The molecule has 4 rings (SSSR count). The van der Waals surface area contributed by atoms with Crippen LogP contribution in [-0.4, -0.2) is 11.0 Å². The van der Waals surface area contributed by atoms with Gasteiger partial charge in [0.15, 0.2) is 6.10 Å². The SMILES string of the molecule is Cc1ccc(C(=O)O[C@@H](c2ccccc2)c2nccc3ccccc23)cc1. The number of esters is 1. The first-order valence-electron chi connectivity index (χ1n) is 8.88. The summed E-state index contributed by atoms with van der Waals surface area (Å²) in [6, 6.07) is 27.1. The van der Waals surface area contributed by atoms with Crippen LogP contribution in [-0.2, 0) is 4.74 Å². The minimum absolute atomic E-state index is 0.362. The predicted octanol–water partition coefficient (Wildman–Crippen LogP) is 5.49. The lowest BCUT2D eigenvalue weighted by molar-refractivity contribution is 0.0373. The number of aromatic nitrogens is 1. The molecule has 0 N–H and O–H groups in total. The molecule has 0 saturated heterocycles. The highest BCUT2D eigenvalue weighted by Crippen LogP contribution is 2.31. The highest BCUT2D eigenvalue weighted by Gasteiger charge is 2.23. The summed E-state index contributed by atoms with van der Waals surface area (Å²) in [7, 11) is 0. The molecule has 3 aromatic carbocycles. The fourth-order valence-corrected chi connectivity index (χ4v) is 3.13. The van der Waals surface area contributed by atoms with Crippen molar-refractivity contribution < 1.29 is 9.53 Å². The molecule has 3 heteroatoms. The maximum atomic E-state index is 12.8. The summed E-state index contributed by atoms with van der Waals surface area (Å²) < 4.78 is 5.96. The molecule has 0 fully saturated rings. The molecule has 0 aliphatic heterocycles. The number of nitrogens with zero attached hydrogens (tertiary/aromatic N) is 1. The molecule has 0 spiro atoms. The molecule has 27 heavy (non-hydrogen) atoms. The van der Waals surface area contributed by atoms with Crippen LogP contribution in [0.1, 0.15) is 33.3 Å². The van der Waals surface area contributed by atoms with Crippen LogP contribution in [0.2, 0.25) is 0 Å². The molecule has 0 radical (unpaired) electrons. The second-order valence-corrected chi connectivity index (χ2v) is 6.48. The standard InChI is InChI=1S/C24H19NO2/c1-17-11-13-20(14-12-17)24(26)27-23(19-8-3-2-4-9-19)22-21-10-6-5-7-18(21)15-16-25-22/h2-16,23H,1H3/t23-/m0/s1. The van der Waals surface area contributed by atoms with Gasteiger partial charge >= 0.3 is 5.97 Å². The average Bonchev–Trinajstić information content (AvgIpc) is 2.73. The molecule has 0 bridgehead atoms. The third-order valence-electron chi connectivity index (χ3n) is 4.57. The fourth-order valence-electron chi connectivity index (χ4n) is 3.13. The van der Waals surface area contributed by atoms with E-state index in [2.05, 4.69) is 4.98 Å². The van der Waals surface area contributed by atoms with Gasteiger partial charge in [-0.25, -0.2) is 4.79 Å². The normalized spacial score (nSPS) is 11.9. The van der Waals surface area contributed by atoms with Crippen molar-refractivity contribution >= 4 is 16.7 Å². The van der Waals surface area contributed by atoms with E-state index in [-0.39, 0.29) is 5.97 Å². The van der Waals surface area contributed by atoms with Gasteiger partial charge in [0.2, 0.25) is 0 Å². The second kappa shape index (κ2) is 7.42. The molecule has 0 saturated carbocycles. The number of carbonyl (C=O) groups excluding carboxylic acids is 1. The van der Waals surface area contributed by atoms with Gasteiger partial charge in [-0.15, -0.1) is 0 Å². The number of aryl methyl sites for hydroxylation is 1. The van der Waals surface area contributed by atoms with Gasteiger partial charge in [0.25, 0.3) is 0 Å². The van der Waals surface area contributed by atoms with Crippen molar-refractivity contribution in [1.82, 2.24) is 4.98 Å². The topological polar surface area (TPSA) is 39.2 Å². The summed E-state index contributed by atoms with van der Waals surface area (Å²) in [5.41, 5.74) is 3.25. The van der Waals surface area contributed by atoms with Gasteiger partial charge in [-0.3, -0.25) is 4.98 Å². The van der Waals surface area contributed by atoms with E-state index in [1.165, 1.54) is 0 Å². The van der Waals surface area contributed by atoms with Crippen LogP contribution in [0.3, 0.4) is 0 Å². The number of ether oxygens (including phenoxy) is 1. The Morgan fingerprint density at radius 3 is 2.33 bits per heavy atom. The van der Waals surface area contributed by atoms with Gasteiger partial charge in [0, 0.05) is 11.6 Å². The van der Waals surface area contributed by atoms with E-state index < -0.39 is 6.10 Å². The summed E-state index contributed by atoms with van der Waals surface area (Å²) in [5.74, 6) is -0.362. The van der Waals surface area contributed by atoms with E-state index >= 15 is 0 Å². The first kappa shape index (κ1) is 17.0. The van der Waals surface area contributed by atoms with Gasteiger partial charge < -0.3 is 4.74 Å². The zero-order valence-electron chi connectivity index (χ0n) is 15.0. The van der Waals surface area contributed by atoms with Crippen LogP contribution >= 0.6 is 0 Å². The monoisotopic (exact) mass is 353 g/mol. The number of carbonyl (C=O) groups is 1. The van der Waals surface area contributed by atoms with Gasteiger partial charge in [-0.2, -0.15) is 0 Å². The van der Waals surface area contributed by atoms with E-state index in [9.17, 15) is 4.79 Å². The summed E-state index contributed by atoms with van der Waals surface area (Å²) in [4.78, 5) is 17.4. The minimum atomic E-state index is -0.578. The van der Waals surface area contributed by atoms with E-state index in [1.54, 1.807) is 18.3 Å². The highest BCUT2D eigenvalue weighted by molar-refractivity contribution is 5.90. The van der Waals surface area contributed by atoms with E-state index in [4.69, 9.17) is 4.74 Å². The summed E-state index contributed by atoms with van der Waals surface area (Å²) in [6.07, 6.45) is 1.18. The molecule has 0 amide bonds. The molecule has 1 atom stereocenters. The van der Waals surface area contributed by atoms with Crippen molar-refractivity contribution in [3.05, 3.63) is 114 Å². The molecule has 0 aliphatic rings. The van der Waals surface area contributed by atoms with Crippen molar-refractivity contribution in [3.8, 4) is 0 Å². The molecule has 0 aliphatic carbocycles. The Bertz CT molecular complexity index is 1070. The zero-order chi connectivity index (χ0) is 18.6. The number of pyridine rings is 1. The molecule has 132 valence electrons. The lowest BCUT2D eigenvalue weighted by atomic mass is 10.0. The third kappa shape index (κ3) is 3.58. The van der Waals surface area contributed by atoms with E-state index in [0.29, 0.717) is 5.56 Å². The van der Waals surface area contributed by atoms with E-state index in [1.807, 2.05) is 79.7 Å². The number of benzene rings is 3. The molecular formula is C24H19NO2. The third-order valence-corrected chi connectivity index (χ3v) is 4.57. The van der Waals surface area contributed by atoms with Crippen molar-refractivity contribution in [2.75, 3.05) is 0 Å². The first-order chi connectivity index (χ1) is 13.2. The number of hydrogen-bond acceptors (Lipinski definition) is 3. The molecule has 1 aromatic heterocycles. The van der Waals surface area contributed by atoms with Gasteiger partial charge in [0.1, 0.15) is 0 Å². The molecule has 1 heterocycles. The minimum Gasteiger partial charge on any atom is -0.447 e. The van der Waals surface area contributed by atoms with E-state index in [0.717, 1.165) is 27.6 Å². The van der Waals surface area contributed by atoms with Gasteiger partial charge in [0.05, 0.1) is 11.3 Å². The smallest absolute Gasteiger partial charge is 0.339 e. The summed E-state index contributed by atoms with van der Waals surface area (Å²) >= 11 is 0. The van der Waals surface area contributed by atoms with Crippen LogP contribution in [0.4, 0.5) is 0 Å². The molecular weight excluding hydrogens is 334 g/mol. The molecule has 4 aromatic rings. The van der Waals surface area contributed by atoms with Crippen molar-refractivity contribution in [2.24, 2.45) is 0 Å². The Morgan fingerprint density at radius 1 is 0.852 bits per heavy atom. The second-order valence-electron chi connectivity index (χ2n) is 6.48. The highest BCUT2D eigenvalue weighted by atomic mass is 16.5. The lowest BCUT2D eigenvalue weighted by Crippen LogP contribution is -2.14. The maximum absolute atomic E-state index is 12.8. The summed E-state index contributed by atoms with van der Waals surface area (Å²) in [6.45, 7) is 1.99. The number of fused-ring (bicyclic) bond motifs is 1. The van der Waals surface area contributed by atoms with Crippen molar-refractivity contribution in [1.29, 1.82) is 0 Å². The Morgan fingerprint density at radius 2 is 1.56 bits per heavy atom. The van der Waals surface area contributed by atoms with Crippen LogP contribution < -0.4 is 0 Å². The van der Waals surface area contributed by atoms with Crippen LogP contribution in [0.25, 0.3) is 10.8 Å². The molecule has 0 unspecified atom stereocenters. The van der Waals surface area contributed by atoms with Crippen LogP contribution in [0.5, 0.6) is 0 Å². The first-order valence-corrected chi connectivity index (χ1v) is 8.88. The van der Waals surface area contributed by atoms with Crippen LogP contribution in [0, 0.1) is 6.92 Å². The zero-order valence-corrected chi connectivity index (χ0v) is 15.0. The van der Waals surface area contributed by atoms with Gasteiger partial charge in [-0.1, -0.05) is 72.3 Å². The van der Waals surface area contributed by atoms with Crippen molar-refractivity contribution in [2.45, 2.75) is 13.0 Å². The predicted molar refractivity (Wildman–Crippen MR) is 107 cm³/mol.